The lowest BCUT2D eigenvalue weighted by molar-refractivity contribution is -0.386. The molecule has 1 N–H and O–H groups in total. The fraction of sp³-hybridized carbons (Fsp3) is 0.238. The highest BCUT2D eigenvalue weighted by atomic mass is 32.2. The average molecular weight is 444 g/mol. The number of nitro groups is 1. The fourth-order valence-corrected chi connectivity index (χ4v) is 3.77. The largest absolute Gasteiger partial charge is 0.500 e. The molecule has 0 bridgehead atoms. The molecule has 0 spiro atoms. The maximum atomic E-state index is 12.7. The molecule has 1 aliphatic heterocycles. The number of phenolic OH excluding ortho intramolecular Hbond substituents is 1. The number of amides is 2. The molecule has 0 unspecified atom stereocenters. The summed E-state index contributed by atoms with van der Waals surface area (Å²) in [7, 11) is 0. The lowest BCUT2D eigenvalue weighted by Gasteiger charge is -2.13. The van der Waals surface area contributed by atoms with Crippen LogP contribution in [0.15, 0.2) is 41.3 Å². The molecule has 1 heterocycles. The van der Waals surface area contributed by atoms with Crippen molar-refractivity contribution >= 4 is 34.7 Å². The Labute approximate surface area is 182 Å². The van der Waals surface area contributed by atoms with Gasteiger partial charge in [-0.25, -0.2) is 0 Å². The average Bonchev–Trinajstić information content (AvgIpc) is 2.97. The number of aryl methyl sites for hydroxylation is 1. The minimum Gasteiger partial charge on any atom is -0.500 e. The zero-order valence-corrected chi connectivity index (χ0v) is 17.7. The molecule has 0 saturated carbocycles. The molecule has 0 radical (unpaired) electrons. The van der Waals surface area contributed by atoms with Crippen molar-refractivity contribution in [2.75, 3.05) is 19.8 Å². The van der Waals surface area contributed by atoms with Crippen LogP contribution in [-0.2, 0) is 4.79 Å². The van der Waals surface area contributed by atoms with Gasteiger partial charge in [-0.15, -0.1) is 0 Å². The number of hydrogen-bond donors (Lipinski definition) is 1. The van der Waals surface area contributed by atoms with Crippen LogP contribution >= 0.6 is 11.8 Å². The predicted octanol–water partition coefficient (Wildman–Crippen LogP) is 4.12. The third kappa shape index (κ3) is 5.15. The van der Waals surface area contributed by atoms with E-state index in [4.69, 9.17) is 9.47 Å². The smallest absolute Gasteiger partial charge is 0.315 e. The zero-order chi connectivity index (χ0) is 22.5. The SMILES string of the molecule is CCOc1cc(/C=C2\SC(=O)N(CCOc3cccc(C)c3)C2=O)cc([N+](=O)[O-])c1O. The van der Waals surface area contributed by atoms with Crippen molar-refractivity contribution in [3.8, 4) is 17.2 Å². The Bertz CT molecular complexity index is 1070. The van der Waals surface area contributed by atoms with Gasteiger partial charge >= 0.3 is 5.69 Å². The first kappa shape index (κ1) is 22.2. The molecule has 31 heavy (non-hydrogen) atoms. The number of hydrogen-bond acceptors (Lipinski definition) is 8. The number of carbonyl (C=O) groups excluding carboxylic acids is 2. The molecule has 1 saturated heterocycles. The molecule has 2 aromatic carbocycles. The van der Waals surface area contributed by atoms with Crippen LogP contribution in [0.25, 0.3) is 6.08 Å². The summed E-state index contributed by atoms with van der Waals surface area (Å²) in [6.07, 6.45) is 1.36. The Morgan fingerprint density at radius 1 is 1.23 bits per heavy atom. The molecule has 2 aromatic rings. The number of benzene rings is 2. The molecular weight excluding hydrogens is 424 g/mol. The van der Waals surface area contributed by atoms with Gasteiger partial charge in [0.1, 0.15) is 12.4 Å². The number of imide groups is 1. The van der Waals surface area contributed by atoms with E-state index in [2.05, 4.69) is 0 Å². The summed E-state index contributed by atoms with van der Waals surface area (Å²) in [5.74, 6) is -0.543. The quantitative estimate of drug-likeness (QED) is 0.367. The zero-order valence-electron chi connectivity index (χ0n) is 16.9. The molecule has 10 heteroatoms. The van der Waals surface area contributed by atoms with Gasteiger partial charge in [-0.05, 0) is 61.0 Å². The number of carbonyl (C=O) groups is 2. The van der Waals surface area contributed by atoms with Gasteiger partial charge in [0.15, 0.2) is 5.75 Å². The van der Waals surface area contributed by atoms with Gasteiger partial charge in [0.2, 0.25) is 5.75 Å². The highest BCUT2D eigenvalue weighted by Gasteiger charge is 2.35. The van der Waals surface area contributed by atoms with Crippen molar-refractivity contribution in [1.29, 1.82) is 0 Å². The first-order valence-electron chi connectivity index (χ1n) is 9.39. The third-order valence-electron chi connectivity index (χ3n) is 4.32. The normalized spacial score (nSPS) is 14.9. The van der Waals surface area contributed by atoms with E-state index in [1.165, 1.54) is 12.1 Å². The van der Waals surface area contributed by atoms with Crippen LogP contribution in [0.4, 0.5) is 10.5 Å². The van der Waals surface area contributed by atoms with Crippen molar-refractivity contribution in [1.82, 2.24) is 4.90 Å². The molecule has 1 aliphatic rings. The van der Waals surface area contributed by atoms with Crippen LogP contribution in [0.3, 0.4) is 0 Å². The second-order valence-corrected chi connectivity index (χ2v) is 7.57. The number of aromatic hydroxyl groups is 1. The van der Waals surface area contributed by atoms with E-state index in [0.717, 1.165) is 28.3 Å². The van der Waals surface area contributed by atoms with Crippen molar-refractivity contribution in [3.63, 3.8) is 0 Å². The van der Waals surface area contributed by atoms with Crippen LogP contribution in [0.1, 0.15) is 18.1 Å². The number of ether oxygens (including phenoxy) is 2. The van der Waals surface area contributed by atoms with E-state index in [0.29, 0.717) is 5.75 Å². The van der Waals surface area contributed by atoms with E-state index < -0.39 is 27.5 Å². The maximum absolute atomic E-state index is 12.7. The minimum atomic E-state index is -0.746. The van der Waals surface area contributed by atoms with Crippen molar-refractivity contribution < 1.29 is 29.1 Å². The van der Waals surface area contributed by atoms with Gasteiger partial charge < -0.3 is 14.6 Å². The predicted molar refractivity (Wildman–Crippen MR) is 115 cm³/mol. The minimum absolute atomic E-state index is 0.0653. The molecule has 0 aromatic heterocycles. The van der Waals surface area contributed by atoms with Crippen molar-refractivity contribution in [2.45, 2.75) is 13.8 Å². The number of thioether (sulfide) groups is 1. The Kier molecular flexibility index (Phi) is 6.81. The molecule has 2 amide bonds. The third-order valence-corrected chi connectivity index (χ3v) is 5.23. The summed E-state index contributed by atoms with van der Waals surface area (Å²) in [5, 5.41) is 20.7. The number of phenols is 1. The monoisotopic (exact) mass is 444 g/mol. The van der Waals surface area contributed by atoms with E-state index >= 15 is 0 Å². The van der Waals surface area contributed by atoms with Crippen LogP contribution in [0.5, 0.6) is 17.2 Å². The summed E-state index contributed by atoms with van der Waals surface area (Å²) in [4.78, 5) is 36.6. The van der Waals surface area contributed by atoms with Crippen LogP contribution < -0.4 is 9.47 Å². The fourth-order valence-electron chi connectivity index (χ4n) is 2.91. The summed E-state index contributed by atoms with van der Waals surface area (Å²) >= 11 is 0.733. The van der Waals surface area contributed by atoms with E-state index in [1.807, 2.05) is 25.1 Å². The molecule has 9 nitrogen and oxygen atoms in total. The van der Waals surface area contributed by atoms with E-state index in [-0.39, 0.29) is 36.0 Å². The van der Waals surface area contributed by atoms with Gasteiger partial charge in [0, 0.05) is 6.07 Å². The van der Waals surface area contributed by atoms with Crippen LogP contribution in [0.2, 0.25) is 0 Å². The molecular formula is C21H20N2O7S. The van der Waals surface area contributed by atoms with Crippen molar-refractivity contribution in [2.24, 2.45) is 0 Å². The van der Waals surface area contributed by atoms with E-state index in [1.54, 1.807) is 13.0 Å². The maximum Gasteiger partial charge on any atom is 0.315 e. The second-order valence-electron chi connectivity index (χ2n) is 6.58. The van der Waals surface area contributed by atoms with Gasteiger partial charge in [0.05, 0.1) is 23.0 Å². The first-order chi connectivity index (χ1) is 14.8. The number of nitrogens with zero attached hydrogens (tertiary/aromatic N) is 2. The van der Waals surface area contributed by atoms with Gasteiger partial charge in [-0.1, -0.05) is 12.1 Å². The standard InChI is InChI=1S/C21H20N2O7S/c1-3-29-17-11-14(10-16(19(17)24)23(27)28)12-18-20(25)22(21(26)31-18)7-8-30-15-6-4-5-13(2)9-15/h4-6,9-12,24H,3,7-8H2,1-2H3/b18-12-. The first-order valence-corrected chi connectivity index (χ1v) is 10.2. The van der Waals surface area contributed by atoms with Gasteiger partial charge in [-0.3, -0.25) is 24.6 Å². The van der Waals surface area contributed by atoms with Crippen LogP contribution in [-0.4, -0.2) is 45.8 Å². The lowest BCUT2D eigenvalue weighted by Crippen LogP contribution is -2.32. The summed E-state index contributed by atoms with van der Waals surface area (Å²) in [6.45, 7) is 3.98. The summed E-state index contributed by atoms with van der Waals surface area (Å²) in [6, 6.07) is 9.91. The number of rotatable bonds is 8. The van der Waals surface area contributed by atoms with Gasteiger partial charge in [0.25, 0.3) is 11.1 Å². The topological polar surface area (TPSA) is 119 Å². The number of nitro benzene ring substituents is 1. The van der Waals surface area contributed by atoms with Gasteiger partial charge in [-0.2, -0.15) is 0 Å². The Morgan fingerprint density at radius 2 is 2.00 bits per heavy atom. The molecule has 0 atom stereocenters. The molecule has 162 valence electrons. The Hall–Kier alpha value is -3.53. The van der Waals surface area contributed by atoms with Crippen molar-refractivity contribution in [3.05, 3.63) is 62.5 Å². The molecule has 1 fully saturated rings. The highest BCUT2D eigenvalue weighted by molar-refractivity contribution is 8.18. The second kappa shape index (κ2) is 9.52. The Balaban J connectivity index is 1.76. The van der Waals surface area contributed by atoms with E-state index in [9.17, 15) is 24.8 Å². The molecule has 0 aliphatic carbocycles. The highest BCUT2D eigenvalue weighted by Crippen LogP contribution is 2.39. The lowest BCUT2D eigenvalue weighted by atomic mass is 10.1. The van der Waals surface area contributed by atoms with Crippen LogP contribution in [0, 0.1) is 17.0 Å². The summed E-state index contributed by atoms with van der Waals surface area (Å²) < 4.78 is 10.8. The Morgan fingerprint density at radius 3 is 2.68 bits per heavy atom. The molecule has 3 rings (SSSR count). The summed E-state index contributed by atoms with van der Waals surface area (Å²) in [5.41, 5.74) is 0.735.